The zero-order valence-corrected chi connectivity index (χ0v) is 16.7. The molecule has 0 aromatic heterocycles. The van der Waals surface area contributed by atoms with E-state index in [1.165, 1.54) is 19.1 Å². The fourth-order valence-corrected chi connectivity index (χ4v) is 3.36. The van der Waals surface area contributed by atoms with E-state index >= 15 is 0 Å². The molecule has 0 radical (unpaired) electrons. The van der Waals surface area contributed by atoms with Crippen molar-refractivity contribution in [3.05, 3.63) is 77.2 Å². The monoisotopic (exact) mass is 409 g/mol. The van der Waals surface area contributed by atoms with Crippen molar-refractivity contribution in [2.45, 2.75) is 25.8 Å². The molecule has 2 aromatic carbocycles. The first kappa shape index (κ1) is 21.2. The van der Waals surface area contributed by atoms with Gasteiger partial charge in [-0.3, -0.25) is 14.4 Å². The Kier molecular flexibility index (Phi) is 6.95. The molecular formula is C23H24FN3O3. The highest BCUT2D eigenvalue weighted by Gasteiger charge is 2.26. The Balaban J connectivity index is 1.61. The molecule has 3 rings (SSSR count). The molecule has 0 bridgehead atoms. The van der Waals surface area contributed by atoms with Crippen LogP contribution in [0.2, 0.25) is 0 Å². The lowest BCUT2D eigenvalue weighted by Crippen LogP contribution is -2.48. The number of nitrogens with one attached hydrogen (secondary N) is 2. The van der Waals surface area contributed by atoms with Crippen LogP contribution in [0.25, 0.3) is 6.08 Å². The fraction of sp³-hybridized carbons (Fsp3) is 0.261. The van der Waals surface area contributed by atoms with Gasteiger partial charge >= 0.3 is 0 Å². The van der Waals surface area contributed by atoms with Crippen LogP contribution in [0, 0.1) is 5.82 Å². The molecule has 0 saturated carbocycles. The number of rotatable bonds is 5. The average molecular weight is 409 g/mol. The van der Waals surface area contributed by atoms with Gasteiger partial charge in [0.25, 0.3) is 11.8 Å². The Labute approximate surface area is 174 Å². The van der Waals surface area contributed by atoms with Gasteiger partial charge in [0.15, 0.2) is 0 Å². The minimum absolute atomic E-state index is 0.0544. The van der Waals surface area contributed by atoms with Gasteiger partial charge in [0, 0.05) is 26.1 Å². The summed E-state index contributed by atoms with van der Waals surface area (Å²) in [5, 5.41) is 5.50. The lowest BCUT2D eigenvalue weighted by Gasteiger charge is -2.32. The summed E-state index contributed by atoms with van der Waals surface area (Å²) < 4.78 is 13.9. The van der Waals surface area contributed by atoms with E-state index in [2.05, 4.69) is 10.6 Å². The molecule has 1 saturated heterocycles. The smallest absolute Gasteiger partial charge is 0.268 e. The highest BCUT2D eigenvalue weighted by Crippen LogP contribution is 2.16. The summed E-state index contributed by atoms with van der Waals surface area (Å²) in [5.74, 6) is -1.60. The molecule has 2 N–H and O–H groups in total. The minimum atomic E-state index is -0.538. The van der Waals surface area contributed by atoms with Crippen LogP contribution >= 0.6 is 0 Å². The van der Waals surface area contributed by atoms with Crippen molar-refractivity contribution in [2.24, 2.45) is 0 Å². The maximum atomic E-state index is 13.9. The highest BCUT2D eigenvalue weighted by molar-refractivity contribution is 6.01. The van der Waals surface area contributed by atoms with E-state index in [0.717, 1.165) is 5.56 Å². The van der Waals surface area contributed by atoms with Crippen LogP contribution in [0.4, 0.5) is 4.39 Å². The first-order chi connectivity index (χ1) is 14.4. The molecule has 0 unspecified atom stereocenters. The third kappa shape index (κ3) is 5.53. The Morgan fingerprint density at radius 1 is 1.00 bits per heavy atom. The predicted molar refractivity (Wildman–Crippen MR) is 112 cm³/mol. The van der Waals surface area contributed by atoms with Crippen molar-refractivity contribution in [1.82, 2.24) is 15.5 Å². The maximum absolute atomic E-state index is 13.9. The zero-order valence-electron chi connectivity index (χ0n) is 16.7. The Bertz CT molecular complexity index is 951. The van der Waals surface area contributed by atoms with Crippen molar-refractivity contribution in [1.29, 1.82) is 0 Å². The van der Waals surface area contributed by atoms with Gasteiger partial charge in [-0.1, -0.05) is 42.5 Å². The predicted octanol–water partition coefficient (Wildman–Crippen LogP) is 2.72. The van der Waals surface area contributed by atoms with Crippen LogP contribution in [-0.2, 0) is 9.59 Å². The normalized spacial score (nSPS) is 14.9. The number of nitrogens with zero attached hydrogens (tertiary/aromatic N) is 1. The van der Waals surface area contributed by atoms with Crippen LogP contribution in [0.1, 0.15) is 35.7 Å². The second-order valence-corrected chi connectivity index (χ2v) is 7.17. The van der Waals surface area contributed by atoms with E-state index in [-0.39, 0.29) is 35.0 Å². The number of amides is 3. The van der Waals surface area contributed by atoms with E-state index in [4.69, 9.17) is 0 Å². The molecule has 2 aromatic rings. The minimum Gasteiger partial charge on any atom is -0.348 e. The van der Waals surface area contributed by atoms with Crippen molar-refractivity contribution in [2.75, 3.05) is 13.1 Å². The van der Waals surface area contributed by atoms with Crippen LogP contribution in [-0.4, -0.2) is 41.8 Å². The largest absolute Gasteiger partial charge is 0.348 e. The molecule has 156 valence electrons. The van der Waals surface area contributed by atoms with Gasteiger partial charge in [-0.05, 0) is 36.6 Å². The molecular weight excluding hydrogens is 385 g/mol. The third-order valence-corrected chi connectivity index (χ3v) is 4.89. The van der Waals surface area contributed by atoms with Gasteiger partial charge in [0.05, 0.1) is 5.56 Å². The number of benzene rings is 2. The topological polar surface area (TPSA) is 78.5 Å². The maximum Gasteiger partial charge on any atom is 0.268 e. The molecule has 3 amide bonds. The Hall–Kier alpha value is -3.48. The number of hydrogen-bond acceptors (Lipinski definition) is 3. The number of carbonyl (C=O) groups excluding carboxylic acids is 3. The number of halogens is 1. The van der Waals surface area contributed by atoms with Gasteiger partial charge < -0.3 is 15.5 Å². The second kappa shape index (κ2) is 9.82. The SMILES string of the molecule is CC(=O)N/C(=C/c1ccccc1)C(=O)NC1CCN(C(=O)c2ccccc2F)CC1. The number of carbonyl (C=O) groups is 3. The number of hydrogen-bond donors (Lipinski definition) is 2. The second-order valence-electron chi connectivity index (χ2n) is 7.17. The molecule has 30 heavy (non-hydrogen) atoms. The molecule has 0 atom stereocenters. The Morgan fingerprint density at radius 2 is 1.63 bits per heavy atom. The first-order valence-corrected chi connectivity index (χ1v) is 9.83. The summed E-state index contributed by atoms with van der Waals surface area (Å²) in [6.45, 7) is 2.17. The van der Waals surface area contributed by atoms with Crippen LogP contribution < -0.4 is 10.6 Å². The van der Waals surface area contributed by atoms with Gasteiger partial charge in [-0.25, -0.2) is 4.39 Å². The van der Waals surface area contributed by atoms with Gasteiger partial charge in [-0.15, -0.1) is 0 Å². The summed E-state index contributed by atoms with van der Waals surface area (Å²) in [6, 6.07) is 15.0. The number of likely N-dealkylation sites (tertiary alicyclic amines) is 1. The molecule has 7 heteroatoms. The van der Waals surface area contributed by atoms with Crippen molar-refractivity contribution < 1.29 is 18.8 Å². The third-order valence-electron chi connectivity index (χ3n) is 4.89. The van der Waals surface area contributed by atoms with E-state index < -0.39 is 5.82 Å². The molecule has 1 aliphatic rings. The summed E-state index contributed by atoms with van der Waals surface area (Å²) in [7, 11) is 0. The summed E-state index contributed by atoms with van der Waals surface area (Å²) in [5.41, 5.74) is 1.01. The average Bonchev–Trinajstić information content (AvgIpc) is 2.74. The first-order valence-electron chi connectivity index (χ1n) is 9.83. The Morgan fingerprint density at radius 3 is 2.27 bits per heavy atom. The molecule has 1 aliphatic heterocycles. The lowest BCUT2D eigenvalue weighted by atomic mass is 10.0. The van der Waals surface area contributed by atoms with Crippen LogP contribution in [0.15, 0.2) is 60.3 Å². The van der Waals surface area contributed by atoms with Crippen LogP contribution in [0.5, 0.6) is 0 Å². The fourth-order valence-electron chi connectivity index (χ4n) is 3.36. The summed E-state index contributed by atoms with van der Waals surface area (Å²) in [6.07, 6.45) is 2.71. The number of piperidine rings is 1. The zero-order chi connectivity index (χ0) is 21.5. The quantitative estimate of drug-likeness (QED) is 0.746. The lowest BCUT2D eigenvalue weighted by molar-refractivity contribution is -0.123. The standard InChI is InChI=1S/C23H24FN3O3/c1-16(28)25-21(15-17-7-3-2-4-8-17)22(29)26-18-11-13-27(14-12-18)23(30)19-9-5-6-10-20(19)24/h2-10,15,18H,11-14H2,1H3,(H,25,28)(H,26,29)/b21-15+. The van der Waals surface area contributed by atoms with Crippen molar-refractivity contribution >= 4 is 23.8 Å². The summed E-state index contributed by atoms with van der Waals surface area (Å²) >= 11 is 0. The molecule has 6 nitrogen and oxygen atoms in total. The van der Waals surface area contributed by atoms with Gasteiger partial charge in [0.1, 0.15) is 11.5 Å². The van der Waals surface area contributed by atoms with E-state index in [1.54, 1.807) is 23.1 Å². The molecule has 0 spiro atoms. The highest BCUT2D eigenvalue weighted by atomic mass is 19.1. The van der Waals surface area contributed by atoms with Crippen molar-refractivity contribution in [3.8, 4) is 0 Å². The van der Waals surface area contributed by atoms with E-state index in [9.17, 15) is 18.8 Å². The van der Waals surface area contributed by atoms with Crippen LogP contribution in [0.3, 0.4) is 0 Å². The van der Waals surface area contributed by atoms with Gasteiger partial charge in [-0.2, -0.15) is 0 Å². The molecule has 1 fully saturated rings. The molecule has 0 aliphatic carbocycles. The molecule has 1 heterocycles. The van der Waals surface area contributed by atoms with Crippen molar-refractivity contribution in [3.63, 3.8) is 0 Å². The summed E-state index contributed by atoms with van der Waals surface area (Å²) in [4.78, 5) is 38.3. The van der Waals surface area contributed by atoms with Gasteiger partial charge in [0.2, 0.25) is 5.91 Å². The van der Waals surface area contributed by atoms with E-state index in [0.29, 0.717) is 25.9 Å². The van der Waals surface area contributed by atoms with E-state index in [1.807, 2.05) is 30.3 Å².